The third-order valence-electron chi connectivity index (χ3n) is 6.74. The van der Waals surface area contributed by atoms with Gasteiger partial charge >= 0.3 is 5.97 Å². The molecule has 30 heavy (non-hydrogen) atoms. The number of carboxylic acid groups (broad SMARTS) is 1. The molecule has 1 heterocycles. The maximum Gasteiger partial charge on any atom is 0.303 e. The summed E-state index contributed by atoms with van der Waals surface area (Å²) in [4.78, 5) is 31.9. The monoisotopic (exact) mass is 403 g/mol. The third kappa shape index (κ3) is 3.06. The quantitative estimate of drug-likeness (QED) is 0.782. The second-order valence-corrected chi connectivity index (χ2v) is 8.58. The third-order valence-corrected chi connectivity index (χ3v) is 6.74. The standard InChI is InChI=1S/C24H25N3O3/c1-14-18-9-10-20-23(24(18,3)13-19(25-4)22(14)30)26-15(2)27(20)17-7-5-6-16(12-17)8-11-21(28)29/h5-7,12-14,18H,8-11H2,1-3H3,(H,28,29)/t14-,18-,24-/m0/s1. The number of Topliss-reactive ketones (excluding diaryl/α,β-unsaturated/α-hetero) is 1. The fourth-order valence-electron chi connectivity index (χ4n) is 5.26. The van der Waals surface area contributed by atoms with Gasteiger partial charge in [-0.05, 0) is 49.8 Å². The molecular weight excluding hydrogens is 378 g/mol. The zero-order valence-electron chi connectivity index (χ0n) is 17.5. The molecule has 2 aromatic rings. The van der Waals surface area contributed by atoms with E-state index in [0.717, 1.165) is 41.3 Å². The van der Waals surface area contributed by atoms with Crippen molar-refractivity contribution >= 4 is 11.8 Å². The Morgan fingerprint density at radius 3 is 2.90 bits per heavy atom. The highest BCUT2D eigenvalue weighted by molar-refractivity contribution is 6.00. The minimum atomic E-state index is -0.807. The van der Waals surface area contributed by atoms with Crippen LogP contribution in [0.2, 0.25) is 0 Å². The molecule has 2 aliphatic rings. The predicted octanol–water partition coefficient (Wildman–Crippen LogP) is 4.04. The zero-order chi connectivity index (χ0) is 21.6. The first-order chi connectivity index (χ1) is 14.3. The fraction of sp³-hybridized carbons (Fsp3) is 0.417. The van der Waals surface area contributed by atoms with Gasteiger partial charge in [0.15, 0.2) is 5.78 Å². The van der Waals surface area contributed by atoms with E-state index in [2.05, 4.69) is 16.3 Å². The molecule has 6 nitrogen and oxygen atoms in total. The summed E-state index contributed by atoms with van der Waals surface area (Å²) < 4.78 is 2.15. The number of fused-ring (bicyclic) bond motifs is 3. The van der Waals surface area contributed by atoms with Gasteiger partial charge in [0.25, 0.3) is 0 Å². The van der Waals surface area contributed by atoms with Gasteiger partial charge in [0.05, 0.1) is 12.3 Å². The summed E-state index contributed by atoms with van der Waals surface area (Å²) in [6.07, 6.45) is 4.09. The maximum atomic E-state index is 12.6. The summed E-state index contributed by atoms with van der Waals surface area (Å²) in [5.74, 6) is -0.0635. The molecular formula is C24H25N3O3. The lowest BCUT2D eigenvalue weighted by Gasteiger charge is -2.44. The number of allylic oxidation sites excluding steroid dienone is 2. The van der Waals surface area contributed by atoms with Crippen LogP contribution in [-0.2, 0) is 27.8 Å². The molecule has 0 saturated carbocycles. The average molecular weight is 403 g/mol. The number of aryl methyl sites for hydroxylation is 2. The van der Waals surface area contributed by atoms with E-state index in [1.807, 2.05) is 44.2 Å². The molecule has 154 valence electrons. The number of carboxylic acids is 1. The molecule has 0 fully saturated rings. The zero-order valence-corrected chi connectivity index (χ0v) is 17.5. The van der Waals surface area contributed by atoms with E-state index in [1.54, 1.807) is 0 Å². The molecule has 0 spiro atoms. The van der Waals surface area contributed by atoms with Gasteiger partial charge in [0, 0.05) is 29.1 Å². The number of carbonyl (C=O) groups excluding carboxylic acids is 1. The highest BCUT2D eigenvalue weighted by Crippen LogP contribution is 2.50. The van der Waals surface area contributed by atoms with E-state index in [4.69, 9.17) is 16.7 Å². The molecule has 0 aliphatic heterocycles. The van der Waals surface area contributed by atoms with Crippen molar-refractivity contribution in [2.75, 3.05) is 0 Å². The molecule has 1 N–H and O–H groups in total. The maximum absolute atomic E-state index is 12.6. The number of aliphatic carboxylic acids is 1. The molecule has 0 saturated heterocycles. The van der Waals surface area contributed by atoms with Crippen molar-refractivity contribution < 1.29 is 14.7 Å². The lowest BCUT2D eigenvalue weighted by atomic mass is 9.59. The summed E-state index contributed by atoms with van der Waals surface area (Å²) in [5, 5.41) is 8.98. The Labute approximate surface area is 176 Å². The number of rotatable bonds is 4. The van der Waals surface area contributed by atoms with Crippen LogP contribution in [0.5, 0.6) is 0 Å². The van der Waals surface area contributed by atoms with Crippen LogP contribution >= 0.6 is 0 Å². The normalized spacial score (nSPS) is 25.1. The van der Waals surface area contributed by atoms with Crippen LogP contribution in [-0.4, -0.2) is 26.4 Å². The van der Waals surface area contributed by atoms with Crippen LogP contribution in [0.1, 0.15) is 49.5 Å². The van der Waals surface area contributed by atoms with Gasteiger partial charge in [-0.15, -0.1) is 0 Å². The van der Waals surface area contributed by atoms with Gasteiger partial charge < -0.3 is 14.5 Å². The summed E-state index contributed by atoms with van der Waals surface area (Å²) >= 11 is 0. The Morgan fingerprint density at radius 1 is 1.43 bits per heavy atom. The minimum absolute atomic E-state index is 0.0572. The Hall–Kier alpha value is -3.20. The second-order valence-electron chi connectivity index (χ2n) is 8.58. The number of carbonyl (C=O) groups is 2. The molecule has 2 aliphatic carbocycles. The molecule has 1 aromatic carbocycles. The van der Waals surface area contributed by atoms with Crippen LogP contribution < -0.4 is 0 Å². The first-order valence-electron chi connectivity index (χ1n) is 10.3. The molecule has 0 bridgehead atoms. The molecule has 0 radical (unpaired) electrons. The smallest absolute Gasteiger partial charge is 0.303 e. The molecule has 6 heteroatoms. The molecule has 4 rings (SSSR count). The van der Waals surface area contributed by atoms with Gasteiger partial charge in [-0.3, -0.25) is 4.79 Å². The van der Waals surface area contributed by atoms with Crippen LogP contribution in [0.25, 0.3) is 10.5 Å². The summed E-state index contributed by atoms with van der Waals surface area (Å²) in [7, 11) is 0. The van der Waals surface area contributed by atoms with E-state index < -0.39 is 11.4 Å². The summed E-state index contributed by atoms with van der Waals surface area (Å²) in [6.45, 7) is 13.4. The lowest BCUT2D eigenvalue weighted by Crippen LogP contribution is -2.45. The molecule has 0 unspecified atom stereocenters. The number of aromatic nitrogens is 2. The fourth-order valence-corrected chi connectivity index (χ4v) is 5.26. The van der Waals surface area contributed by atoms with Crippen molar-refractivity contribution in [3.8, 4) is 5.69 Å². The average Bonchev–Trinajstić information content (AvgIpc) is 3.06. The Bertz CT molecular complexity index is 1120. The van der Waals surface area contributed by atoms with Crippen molar-refractivity contribution in [3.63, 3.8) is 0 Å². The van der Waals surface area contributed by atoms with E-state index in [-0.39, 0.29) is 29.7 Å². The highest BCUT2D eigenvalue weighted by Gasteiger charge is 2.49. The van der Waals surface area contributed by atoms with Crippen molar-refractivity contribution in [3.05, 3.63) is 70.2 Å². The van der Waals surface area contributed by atoms with Gasteiger partial charge in [-0.1, -0.05) is 32.1 Å². The predicted molar refractivity (Wildman–Crippen MR) is 112 cm³/mol. The Balaban J connectivity index is 1.81. The topological polar surface area (TPSA) is 76.6 Å². The molecule has 3 atom stereocenters. The van der Waals surface area contributed by atoms with Gasteiger partial charge in [0.2, 0.25) is 5.70 Å². The number of nitrogens with zero attached hydrogens (tertiary/aromatic N) is 3. The van der Waals surface area contributed by atoms with Gasteiger partial charge in [-0.25, -0.2) is 9.83 Å². The Kier molecular flexibility index (Phi) is 4.85. The van der Waals surface area contributed by atoms with Gasteiger partial charge in [0.1, 0.15) is 5.82 Å². The van der Waals surface area contributed by atoms with E-state index in [0.29, 0.717) is 6.42 Å². The number of hydrogen-bond donors (Lipinski definition) is 1. The van der Waals surface area contributed by atoms with Crippen LogP contribution in [0.4, 0.5) is 0 Å². The van der Waals surface area contributed by atoms with E-state index in [1.165, 1.54) is 0 Å². The molecule has 0 amide bonds. The van der Waals surface area contributed by atoms with E-state index in [9.17, 15) is 9.59 Å². The highest BCUT2D eigenvalue weighted by atomic mass is 16.4. The first-order valence-corrected chi connectivity index (χ1v) is 10.3. The second kappa shape index (κ2) is 7.24. The number of hydrogen-bond acceptors (Lipinski definition) is 3. The lowest BCUT2D eigenvalue weighted by molar-refractivity contribution is -0.137. The van der Waals surface area contributed by atoms with Gasteiger partial charge in [-0.2, -0.15) is 0 Å². The SMILES string of the molecule is [C-]#[N+]C1=C[C@]2(C)c3nc(C)n(-c4cccc(CCC(=O)O)c4)c3CC[C@H]2[C@H](C)C1=O. The van der Waals surface area contributed by atoms with Crippen LogP contribution in [0, 0.1) is 25.3 Å². The van der Waals surface area contributed by atoms with E-state index >= 15 is 0 Å². The van der Waals surface area contributed by atoms with Crippen molar-refractivity contribution in [2.24, 2.45) is 11.8 Å². The Morgan fingerprint density at radius 2 is 2.20 bits per heavy atom. The van der Waals surface area contributed by atoms with Crippen LogP contribution in [0.3, 0.4) is 0 Å². The minimum Gasteiger partial charge on any atom is -0.481 e. The summed E-state index contributed by atoms with van der Waals surface area (Å²) in [6, 6.07) is 7.94. The number of ketones is 1. The first kappa shape index (κ1) is 20.1. The summed E-state index contributed by atoms with van der Waals surface area (Å²) in [5.41, 5.74) is 3.79. The number of benzene rings is 1. The van der Waals surface area contributed by atoms with Crippen molar-refractivity contribution in [1.82, 2.24) is 9.55 Å². The van der Waals surface area contributed by atoms with Crippen molar-refractivity contribution in [2.45, 2.75) is 51.9 Å². The largest absolute Gasteiger partial charge is 0.481 e. The number of imidazole rings is 1. The van der Waals surface area contributed by atoms with Crippen molar-refractivity contribution in [1.29, 1.82) is 0 Å². The molecule has 1 aromatic heterocycles. The van der Waals surface area contributed by atoms with Crippen LogP contribution in [0.15, 0.2) is 36.0 Å².